The molecule has 3 rings (SSSR count). The first-order valence-corrected chi connectivity index (χ1v) is 7.56. The van der Waals surface area contributed by atoms with E-state index in [1.165, 1.54) is 31.7 Å². The maximum atomic E-state index is 5.68. The van der Waals surface area contributed by atoms with E-state index in [2.05, 4.69) is 42.5 Å². The van der Waals surface area contributed by atoms with Gasteiger partial charge in [-0.2, -0.15) is 0 Å². The second-order valence-electron chi connectivity index (χ2n) is 5.85. The molecule has 1 aliphatic rings. The minimum atomic E-state index is 1.02. The molecule has 3 nitrogen and oxygen atoms in total. The maximum Gasteiger partial charge on any atom is 0.158 e. The Morgan fingerprint density at radius 1 is 0.850 bits per heavy atom. The fourth-order valence-electron chi connectivity index (χ4n) is 3.02. The molecule has 1 fully saturated rings. The van der Waals surface area contributed by atoms with Gasteiger partial charge in [-0.1, -0.05) is 30.3 Å². The molecule has 0 atom stereocenters. The van der Waals surface area contributed by atoms with Crippen molar-refractivity contribution in [2.45, 2.75) is 20.0 Å². The Morgan fingerprint density at radius 3 is 2.10 bits per heavy atom. The van der Waals surface area contributed by atoms with Crippen LogP contribution in [0.15, 0.2) is 46.9 Å². The molecular weight excluding hydrogens is 248 g/mol. The van der Waals surface area contributed by atoms with Crippen molar-refractivity contribution in [3.05, 3.63) is 59.5 Å². The number of quaternary nitrogens is 2. The first-order chi connectivity index (χ1) is 9.79. The van der Waals surface area contributed by atoms with Crippen molar-refractivity contribution in [2.75, 3.05) is 26.2 Å². The summed E-state index contributed by atoms with van der Waals surface area (Å²) in [4.78, 5) is 3.35. The van der Waals surface area contributed by atoms with Crippen LogP contribution in [0.25, 0.3) is 0 Å². The predicted molar refractivity (Wildman–Crippen MR) is 78.7 cm³/mol. The highest BCUT2D eigenvalue weighted by Gasteiger charge is 2.23. The third kappa shape index (κ3) is 3.50. The summed E-state index contributed by atoms with van der Waals surface area (Å²) in [5.74, 6) is 2.15. The molecule has 2 N–H and O–H groups in total. The first kappa shape index (κ1) is 13.4. The van der Waals surface area contributed by atoms with Crippen LogP contribution in [0.2, 0.25) is 0 Å². The lowest BCUT2D eigenvalue weighted by Gasteiger charge is -2.29. The molecule has 0 saturated carbocycles. The largest absolute Gasteiger partial charge is 0.460 e. The molecule has 1 saturated heterocycles. The summed E-state index contributed by atoms with van der Waals surface area (Å²) >= 11 is 0. The molecule has 1 aliphatic heterocycles. The summed E-state index contributed by atoms with van der Waals surface area (Å²) in [5, 5.41) is 0. The lowest BCUT2D eigenvalue weighted by molar-refractivity contribution is -1.02. The highest BCUT2D eigenvalue weighted by atomic mass is 16.3. The van der Waals surface area contributed by atoms with Crippen molar-refractivity contribution in [2.24, 2.45) is 0 Å². The summed E-state index contributed by atoms with van der Waals surface area (Å²) in [6.45, 7) is 9.19. The molecule has 2 heterocycles. The second-order valence-corrected chi connectivity index (χ2v) is 5.85. The van der Waals surface area contributed by atoms with Gasteiger partial charge in [-0.05, 0) is 19.1 Å². The van der Waals surface area contributed by atoms with Gasteiger partial charge in [0.2, 0.25) is 0 Å². The maximum absolute atomic E-state index is 5.68. The van der Waals surface area contributed by atoms with E-state index >= 15 is 0 Å². The molecule has 0 bridgehead atoms. The Kier molecular flexibility index (Phi) is 4.19. The Bertz CT molecular complexity index is 527. The molecule has 1 aromatic heterocycles. The third-order valence-electron chi connectivity index (χ3n) is 4.18. The third-order valence-corrected chi connectivity index (χ3v) is 4.18. The van der Waals surface area contributed by atoms with E-state index in [0.717, 1.165) is 24.6 Å². The van der Waals surface area contributed by atoms with E-state index in [-0.39, 0.29) is 0 Å². The van der Waals surface area contributed by atoms with Crippen LogP contribution in [0.3, 0.4) is 0 Å². The van der Waals surface area contributed by atoms with Gasteiger partial charge in [-0.15, -0.1) is 0 Å². The van der Waals surface area contributed by atoms with E-state index < -0.39 is 0 Å². The molecule has 3 heteroatoms. The van der Waals surface area contributed by atoms with Gasteiger partial charge in [0, 0.05) is 5.56 Å². The monoisotopic (exact) mass is 272 g/mol. The normalized spacial score (nSPS) is 22.9. The smallest absolute Gasteiger partial charge is 0.158 e. The zero-order valence-electron chi connectivity index (χ0n) is 12.2. The molecule has 20 heavy (non-hydrogen) atoms. The fourth-order valence-corrected chi connectivity index (χ4v) is 3.02. The number of hydrogen-bond acceptors (Lipinski definition) is 1. The lowest BCUT2D eigenvalue weighted by atomic mass is 10.2. The molecule has 1 aromatic carbocycles. The number of furan rings is 1. The van der Waals surface area contributed by atoms with Crippen molar-refractivity contribution in [3.8, 4) is 0 Å². The Morgan fingerprint density at radius 2 is 1.50 bits per heavy atom. The molecule has 0 spiro atoms. The van der Waals surface area contributed by atoms with Crippen LogP contribution in [0, 0.1) is 6.92 Å². The molecule has 0 unspecified atom stereocenters. The standard InChI is InChI=1S/C17H22N2O/c1-15-7-8-17(20-15)14-19-11-9-18(10-12-19)13-16-5-3-2-4-6-16/h2-8H,9-14H2,1H3/p+2. The quantitative estimate of drug-likeness (QED) is 0.808. The Labute approximate surface area is 120 Å². The van der Waals surface area contributed by atoms with Gasteiger partial charge in [-0.3, -0.25) is 0 Å². The first-order valence-electron chi connectivity index (χ1n) is 7.56. The van der Waals surface area contributed by atoms with Crippen molar-refractivity contribution < 1.29 is 14.2 Å². The van der Waals surface area contributed by atoms with E-state index in [1.54, 1.807) is 9.80 Å². The van der Waals surface area contributed by atoms with Gasteiger partial charge in [0.25, 0.3) is 0 Å². The van der Waals surface area contributed by atoms with E-state index in [1.807, 2.05) is 6.92 Å². The van der Waals surface area contributed by atoms with E-state index in [4.69, 9.17) is 4.42 Å². The van der Waals surface area contributed by atoms with Crippen LogP contribution in [0.4, 0.5) is 0 Å². The zero-order valence-corrected chi connectivity index (χ0v) is 12.2. The van der Waals surface area contributed by atoms with Crippen LogP contribution in [0.1, 0.15) is 17.1 Å². The summed E-state index contributed by atoms with van der Waals surface area (Å²) in [6, 6.07) is 15.0. The van der Waals surface area contributed by atoms with Gasteiger partial charge < -0.3 is 14.2 Å². The van der Waals surface area contributed by atoms with Crippen LogP contribution in [-0.4, -0.2) is 26.2 Å². The minimum Gasteiger partial charge on any atom is -0.460 e. The summed E-state index contributed by atoms with van der Waals surface area (Å²) < 4.78 is 5.68. The number of nitrogens with one attached hydrogen (secondary N) is 2. The summed E-state index contributed by atoms with van der Waals surface area (Å²) in [5.41, 5.74) is 1.45. The second kappa shape index (κ2) is 6.25. The van der Waals surface area contributed by atoms with Crippen molar-refractivity contribution >= 4 is 0 Å². The molecule has 0 radical (unpaired) electrons. The van der Waals surface area contributed by atoms with E-state index in [0.29, 0.717) is 0 Å². The molecule has 0 amide bonds. The number of hydrogen-bond donors (Lipinski definition) is 2. The SMILES string of the molecule is Cc1ccc(C[NH+]2CC[NH+](Cc3ccccc3)CC2)o1. The highest BCUT2D eigenvalue weighted by molar-refractivity contribution is 5.13. The minimum absolute atomic E-state index is 1.02. The van der Waals surface area contributed by atoms with Crippen molar-refractivity contribution in [1.29, 1.82) is 0 Å². The summed E-state index contributed by atoms with van der Waals surface area (Å²) in [7, 11) is 0. The van der Waals surface area contributed by atoms with Gasteiger partial charge in [0.05, 0.1) is 0 Å². The number of piperazine rings is 1. The average Bonchev–Trinajstić information content (AvgIpc) is 2.88. The van der Waals surface area contributed by atoms with Gasteiger partial charge in [-0.25, -0.2) is 0 Å². The number of rotatable bonds is 4. The van der Waals surface area contributed by atoms with Crippen molar-refractivity contribution in [1.82, 2.24) is 0 Å². The van der Waals surface area contributed by atoms with E-state index in [9.17, 15) is 0 Å². The van der Waals surface area contributed by atoms with Gasteiger partial charge >= 0.3 is 0 Å². The lowest BCUT2D eigenvalue weighted by Crippen LogP contribution is -3.27. The van der Waals surface area contributed by atoms with Crippen LogP contribution >= 0.6 is 0 Å². The predicted octanol–water partition coefficient (Wildman–Crippen LogP) is 0.0716. The average molecular weight is 272 g/mol. The number of benzene rings is 1. The Hall–Kier alpha value is -1.58. The Balaban J connectivity index is 1.47. The van der Waals surface area contributed by atoms with Crippen LogP contribution < -0.4 is 9.80 Å². The number of aryl methyl sites for hydroxylation is 1. The fraction of sp³-hybridized carbons (Fsp3) is 0.412. The topological polar surface area (TPSA) is 22.0 Å². The van der Waals surface area contributed by atoms with Gasteiger partial charge in [0.15, 0.2) is 5.76 Å². The van der Waals surface area contributed by atoms with Crippen molar-refractivity contribution in [3.63, 3.8) is 0 Å². The zero-order chi connectivity index (χ0) is 13.8. The van der Waals surface area contributed by atoms with Crippen LogP contribution in [-0.2, 0) is 13.1 Å². The molecular formula is C17H24N2O+2. The summed E-state index contributed by atoms with van der Waals surface area (Å²) in [6.07, 6.45) is 0. The van der Waals surface area contributed by atoms with Crippen LogP contribution in [0.5, 0.6) is 0 Å². The molecule has 106 valence electrons. The molecule has 2 aromatic rings. The highest BCUT2D eigenvalue weighted by Crippen LogP contribution is 2.04. The molecule has 0 aliphatic carbocycles. The van der Waals surface area contributed by atoms with Gasteiger partial charge in [0.1, 0.15) is 45.0 Å².